The van der Waals surface area contributed by atoms with Crippen molar-refractivity contribution in [2.45, 2.75) is 47.0 Å². The van der Waals surface area contributed by atoms with Gasteiger partial charge in [0.1, 0.15) is 0 Å². The minimum Gasteiger partial charge on any atom is -0.324 e. The number of hydrogen-bond acceptors (Lipinski definition) is 0. The summed E-state index contributed by atoms with van der Waals surface area (Å²) in [6.07, 6.45) is 4.26. The van der Waals surface area contributed by atoms with Crippen LogP contribution >= 0.6 is 0 Å². The van der Waals surface area contributed by atoms with Crippen molar-refractivity contribution in [3.05, 3.63) is 0 Å². The lowest BCUT2D eigenvalue weighted by Crippen LogP contribution is -2.56. The smallest absolute Gasteiger partial charge is 0.0815 e. The Hall–Kier alpha value is -0.0400. The SMILES string of the molecule is CCC1CC(CC)C[N+](CC)(CC)C1. The third-order valence-corrected chi connectivity index (χ3v) is 4.45. The van der Waals surface area contributed by atoms with E-state index in [1.54, 1.807) is 0 Å². The molecule has 2 unspecified atom stereocenters. The van der Waals surface area contributed by atoms with E-state index in [1.807, 2.05) is 0 Å². The molecule has 1 nitrogen and oxygen atoms in total. The van der Waals surface area contributed by atoms with Crippen LogP contribution in [0.15, 0.2) is 0 Å². The first-order valence-corrected chi connectivity index (χ1v) is 6.54. The molecule has 0 N–H and O–H groups in total. The van der Waals surface area contributed by atoms with E-state index in [9.17, 15) is 0 Å². The summed E-state index contributed by atoms with van der Waals surface area (Å²) < 4.78 is 1.39. The standard InChI is InChI=1S/C13H28N/c1-5-12-9-13(6-2)11-14(7-3,8-4)10-12/h12-13H,5-11H2,1-4H3/q+1. The Bertz CT molecular complexity index is 147. The highest BCUT2D eigenvalue weighted by atomic mass is 15.4. The van der Waals surface area contributed by atoms with Crippen molar-refractivity contribution in [1.29, 1.82) is 0 Å². The van der Waals surface area contributed by atoms with Crippen LogP contribution in [0.3, 0.4) is 0 Å². The van der Waals surface area contributed by atoms with E-state index in [2.05, 4.69) is 27.7 Å². The minimum atomic E-state index is 0.994. The Morgan fingerprint density at radius 1 is 0.857 bits per heavy atom. The first-order chi connectivity index (χ1) is 6.69. The zero-order chi connectivity index (χ0) is 10.6. The van der Waals surface area contributed by atoms with Gasteiger partial charge in [-0.25, -0.2) is 0 Å². The molecule has 0 amide bonds. The van der Waals surface area contributed by atoms with Crippen LogP contribution in [0.25, 0.3) is 0 Å². The van der Waals surface area contributed by atoms with Crippen molar-refractivity contribution >= 4 is 0 Å². The van der Waals surface area contributed by atoms with Crippen LogP contribution in [0, 0.1) is 11.8 Å². The molecule has 2 atom stereocenters. The fourth-order valence-corrected chi connectivity index (χ4v) is 3.12. The van der Waals surface area contributed by atoms with Gasteiger partial charge in [0, 0.05) is 11.8 Å². The molecule has 0 spiro atoms. The van der Waals surface area contributed by atoms with E-state index in [-0.39, 0.29) is 0 Å². The second kappa shape index (κ2) is 5.16. The monoisotopic (exact) mass is 198 g/mol. The fraction of sp³-hybridized carbons (Fsp3) is 1.00. The van der Waals surface area contributed by atoms with Gasteiger partial charge in [-0.1, -0.05) is 13.8 Å². The molecule has 1 heteroatoms. The van der Waals surface area contributed by atoms with Gasteiger partial charge in [-0.3, -0.25) is 0 Å². The lowest BCUT2D eigenvalue weighted by atomic mass is 9.84. The van der Waals surface area contributed by atoms with Crippen LogP contribution in [0.2, 0.25) is 0 Å². The Kier molecular flexibility index (Phi) is 4.43. The van der Waals surface area contributed by atoms with Crippen LogP contribution in [-0.4, -0.2) is 30.7 Å². The second-order valence-corrected chi connectivity index (χ2v) is 5.12. The average molecular weight is 198 g/mol. The van der Waals surface area contributed by atoms with Gasteiger partial charge in [0.05, 0.1) is 26.2 Å². The number of hydrogen-bond donors (Lipinski definition) is 0. The number of likely N-dealkylation sites (tertiary alicyclic amines) is 1. The van der Waals surface area contributed by atoms with Crippen molar-refractivity contribution in [3.8, 4) is 0 Å². The molecule has 0 aromatic heterocycles. The number of rotatable bonds is 4. The van der Waals surface area contributed by atoms with Crippen LogP contribution in [0.1, 0.15) is 47.0 Å². The maximum Gasteiger partial charge on any atom is 0.0815 e. The Morgan fingerprint density at radius 2 is 1.29 bits per heavy atom. The largest absolute Gasteiger partial charge is 0.324 e. The molecule has 1 aliphatic heterocycles. The Labute approximate surface area is 90.1 Å². The van der Waals surface area contributed by atoms with Crippen LogP contribution in [-0.2, 0) is 0 Å². The normalized spacial score (nSPS) is 31.7. The highest BCUT2D eigenvalue weighted by Crippen LogP contribution is 2.30. The van der Waals surface area contributed by atoms with Crippen molar-refractivity contribution in [2.24, 2.45) is 11.8 Å². The minimum absolute atomic E-state index is 0.994. The quantitative estimate of drug-likeness (QED) is 0.608. The fourth-order valence-electron chi connectivity index (χ4n) is 3.12. The van der Waals surface area contributed by atoms with Crippen molar-refractivity contribution < 1.29 is 4.48 Å². The predicted molar refractivity (Wildman–Crippen MR) is 63.3 cm³/mol. The molecule has 14 heavy (non-hydrogen) atoms. The molecule has 1 aliphatic rings. The Morgan fingerprint density at radius 3 is 1.57 bits per heavy atom. The number of quaternary nitrogens is 1. The number of piperidine rings is 1. The molecule has 0 aromatic carbocycles. The predicted octanol–water partition coefficient (Wildman–Crippen LogP) is 3.30. The van der Waals surface area contributed by atoms with E-state index >= 15 is 0 Å². The summed E-state index contributed by atoms with van der Waals surface area (Å²) in [7, 11) is 0. The van der Waals surface area contributed by atoms with Gasteiger partial charge in [-0.05, 0) is 33.1 Å². The van der Waals surface area contributed by atoms with Crippen LogP contribution < -0.4 is 0 Å². The van der Waals surface area contributed by atoms with E-state index in [0.717, 1.165) is 11.8 Å². The van der Waals surface area contributed by atoms with Gasteiger partial charge in [-0.2, -0.15) is 0 Å². The molecule has 0 bridgehead atoms. The van der Waals surface area contributed by atoms with Gasteiger partial charge >= 0.3 is 0 Å². The third kappa shape index (κ3) is 2.50. The molecule has 84 valence electrons. The van der Waals surface area contributed by atoms with Gasteiger partial charge in [0.15, 0.2) is 0 Å². The van der Waals surface area contributed by atoms with Crippen molar-refractivity contribution in [2.75, 3.05) is 26.2 Å². The molecule has 1 rings (SSSR count). The summed E-state index contributed by atoms with van der Waals surface area (Å²) in [4.78, 5) is 0. The van der Waals surface area contributed by atoms with Gasteiger partial charge in [0.25, 0.3) is 0 Å². The van der Waals surface area contributed by atoms with E-state index in [0.29, 0.717) is 0 Å². The maximum absolute atomic E-state index is 2.37. The third-order valence-electron chi connectivity index (χ3n) is 4.45. The summed E-state index contributed by atoms with van der Waals surface area (Å²) in [6, 6.07) is 0. The van der Waals surface area contributed by atoms with E-state index < -0.39 is 0 Å². The Balaban J connectivity index is 2.67. The van der Waals surface area contributed by atoms with Crippen LogP contribution in [0.4, 0.5) is 0 Å². The highest BCUT2D eigenvalue weighted by molar-refractivity contribution is 4.70. The summed E-state index contributed by atoms with van der Waals surface area (Å²) in [6.45, 7) is 15.0. The molecule has 0 aliphatic carbocycles. The summed E-state index contributed by atoms with van der Waals surface area (Å²) in [5.41, 5.74) is 0. The summed E-state index contributed by atoms with van der Waals surface area (Å²) >= 11 is 0. The number of nitrogens with zero attached hydrogens (tertiary/aromatic N) is 1. The van der Waals surface area contributed by atoms with Gasteiger partial charge in [-0.15, -0.1) is 0 Å². The molecule has 1 saturated heterocycles. The molecular formula is C13H28N+. The molecule has 0 radical (unpaired) electrons. The van der Waals surface area contributed by atoms with Gasteiger partial charge in [0.2, 0.25) is 0 Å². The topological polar surface area (TPSA) is 0 Å². The second-order valence-electron chi connectivity index (χ2n) is 5.12. The molecule has 0 saturated carbocycles. The highest BCUT2D eigenvalue weighted by Gasteiger charge is 2.35. The first-order valence-electron chi connectivity index (χ1n) is 6.54. The lowest BCUT2D eigenvalue weighted by molar-refractivity contribution is -0.936. The van der Waals surface area contributed by atoms with E-state index in [4.69, 9.17) is 0 Å². The lowest BCUT2D eigenvalue weighted by Gasteiger charge is -2.46. The average Bonchev–Trinajstić information content (AvgIpc) is 2.28. The van der Waals surface area contributed by atoms with E-state index in [1.165, 1.54) is 49.9 Å². The van der Waals surface area contributed by atoms with Gasteiger partial charge < -0.3 is 4.48 Å². The molecular weight excluding hydrogens is 170 g/mol. The zero-order valence-electron chi connectivity index (χ0n) is 10.6. The molecule has 1 fully saturated rings. The zero-order valence-corrected chi connectivity index (χ0v) is 10.6. The first kappa shape index (κ1) is 12.0. The molecule has 1 heterocycles. The van der Waals surface area contributed by atoms with Crippen molar-refractivity contribution in [3.63, 3.8) is 0 Å². The summed E-state index contributed by atoms with van der Waals surface area (Å²) in [5.74, 6) is 1.99. The molecule has 0 aromatic rings. The summed E-state index contributed by atoms with van der Waals surface area (Å²) in [5, 5.41) is 0. The van der Waals surface area contributed by atoms with Crippen molar-refractivity contribution in [1.82, 2.24) is 0 Å². The maximum atomic E-state index is 2.37. The van der Waals surface area contributed by atoms with Crippen LogP contribution in [0.5, 0.6) is 0 Å².